The van der Waals surface area contributed by atoms with E-state index in [1.807, 2.05) is 27.7 Å². The number of carbonyl (C=O) groups is 2. The molecule has 3 rings (SSSR count). The molecule has 0 unspecified atom stereocenters. The van der Waals surface area contributed by atoms with Crippen molar-refractivity contribution in [1.29, 1.82) is 0 Å². The molecule has 2 aromatic rings. The molecule has 0 amide bonds. The van der Waals surface area contributed by atoms with Gasteiger partial charge in [-0.1, -0.05) is 55.7 Å². The minimum atomic E-state index is -3.29. The van der Waals surface area contributed by atoms with Gasteiger partial charge in [0.15, 0.2) is 26.8 Å². The summed E-state index contributed by atoms with van der Waals surface area (Å²) < 4.78 is 29.3. The van der Waals surface area contributed by atoms with Gasteiger partial charge in [-0.25, -0.2) is 10.1 Å². The molecule has 1 saturated heterocycles. The van der Waals surface area contributed by atoms with E-state index < -0.39 is 40.7 Å². The lowest BCUT2D eigenvalue weighted by molar-refractivity contribution is -0.149. The number of hydrogen-bond acceptors (Lipinski definition) is 13. The number of nitrogens with one attached hydrogen (secondary N) is 1. The molecule has 43 heavy (non-hydrogen) atoms. The predicted octanol–water partition coefficient (Wildman–Crippen LogP) is 4.76. The third-order valence-electron chi connectivity index (χ3n) is 5.80. The van der Waals surface area contributed by atoms with Crippen LogP contribution >= 0.6 is 41.6 Å². The third-order valence-corrected chi connectivity index (χ3v) is 10.4. The summed E-state index contributed by atoms with van der Waals surface area (Å²) in [7, 11) is 0. The molecule has 18 heteroatoms. The summed E-state index contributed by atoms with van der Waals surface area (Å²) in [5.41, 5.74) is 6.11. The first-order chi connectivity index (χ1) is 20.0. The number of thioether (sulfide) groups is 1. The number of nitrogens with zero attached hydrogens (tertiary/aromatic N) is 4. The Kier molecular flexibility index (Phi) is 12.5. The van der Waals surface area contributed by atoms with Gasteiger partial charge in [-0.2, -0.15) is 9.97 Å². The van der Waals surface area contributed by atoms with Crippen LogP contribution in [0.1, 0.15) is 61.1 Å². The summed E-state index contributed by atoms with van der Waals surface area (Å²) in [6, 6.07) is -0.823. The minimum absolute atomic E-state index is 0.0123. The van der Waals surface area contributed by atoms with Gasteiger partial charge in [0, 0.05) is 17.6 Å². The summed E-state index contributed by atoms with van der Waals surface area (Å²) in [6.45, 7) is 9.56. The first-order valence-electron chi connectivity index (χ1n) is 13.7. The Bertz CT molecular complexity index is 1340. The molecule has 1 aliphatic heterocycles. The van der Waals surface area contributed by atoms with Gasteiger partial charge >= 0.3 is 5.97 Å². The lowest BCUT2D eigenvalue weighted by atomic mass is 10.00. The van der Waals surface area contributed by atoms with Gasteiger partial charge in [0.25, 0.3) is 6.64 Å². The molecule has 2 aromatic heterocycles. The lowest BCUT2D eigenvalue weighted by Crippen LogP contribution is -2.36. The Hall–Kier alpha value is -1.29. The highest BCUT2D eigenvalue weighted by Crippen LogP contribution is 2.50. The fourth-order valence-electron chi connectivity index (χ4n) is 3.84. The number of esters is 1. The van der Waals surface area contributed by atoms with Crippen LogP contribution < -0.4 is 15.6 Å². The summed E-state index contributed by atoms with van der Waals surface area (Å²) in [6.07, 6.45) is -0.210. The lowest BCUT2D eigenvalue weighted by Gasteiger charge is -2.27. The van der Waals surface area contributed by atoms with Crippen molar-refractivity contribution < 1.29 is 32.8 Å². The third kappa shape index (κ3) is 9.85. The molecule has 0 bridgehead atoms. The quantitative estimate of drug-likeness (QED) is 0.120. The number of hydrogen-bond donors (Lipinski definition) is 2. The standard InChI is InChI=1S/C25H39Cl2N6O7PS2/c1-8-36-19-17-18(30-23(28)31-19)33(13-29-17)21-25(26,27)11-16(40-21)12-38-41(42,32-15(4)20(34)39-14(2)3)37-9-10-43-22(35)24(5,6)7/h13-16,21H,8-12H2,1-7H3,(H,32,42)(H2,28,30,31)/t15-,16+,21-,41+/m1/s1. The van der Waals surface area contributed by atoms with E-state index in [4.69, 9.17) is 64.0 Å². The maximum atomic E-state index is 12.5. The molecular formula is C25H39Cl2N6O7PS2. The molecule has 3 N–H and O–H groups in total. The number of imidazole rings is 1. The highest BCUT2D eigenvalue weighted by molar-refractivity contribution is 8.13. The number of alkyl halides is 2. The number of fused-ring (bicyclic) bond motifs is 1. The number of nitrogen functional groups attached to an aromatic ring is 1. The van der Waals surface area contributed by atoms with Crippen LogP contribution in [0.2, 0.25) is 0 Å². The van der Waals surface area contributed by atoms with E-state index in [1.54, 1.807) is 25.3 Å². The zero-order chi connectivity index (χ0) is 32.2. The summed E-state index contributed by atoms with van der Waals surface area (Å²) in [5.74, 6) is 0.0573. The number of halogens is 2. The predicted molar refractivity (Wildman–Crippen MR) is 171 cm³/mol. The minimum Gasteiger partial charge on any atom is -0.476 e. The smallest absolute Gasteiger partial charge is 0.323 e. The van der Waals surface area contributed by atoms with Crippen LogP contribution in [0.3, 0.4) is 0 Å². The van der Waals surface area contributed by atoms with Crippen molar-refractivity contribution in [3.8, 4) is 5.88 Å². The van der Waals surface area contributed by atoms with Gasteiger partial charge in [-0.05, 0) is 39.5 Å². The number of aromatic nitrogens is 4. The zero-order valence-electron chi connectivity index (χ0n) is 25.2. The highest BCUT2D eigenvalue weighted by Gasteiger charge is 2.48. The molecule has 3 heterocycles. The van der Waals surface area contributed by atoms with Gasteiger partial charge in [0.05, 0.1) is 38.4 Å². The Balaban J connectivity index is 1.74. The molecule has 0 saturated carbocycles. The molecule has 242 valence electrons. The van der Waals surface area contributed by atoms with Crippen LogP contribution in [0.4, 0.5) is 5.95 Å². The van der Waals surface area contributed by atoms with Crippen LogP contribution in [0, 0.1) is 5.41 Å². The van der Waals surface area contributed by atoms with Crippen LogP contribution in [-0.2, 0) is 39.9 Å². The second-order valence-corrected chi connectivity index (χ2v) is 16.9. The molecule has 0 radical (unpaired) electrons. The fourth-order valence-corrected chi connectivity index (χ4v) is 7.79. The average molecular weight is 702 g/mol. The Morgan fingerprint density at radius 2 is 2.00 bits per heavy atom. The summed E-state index contributed by atoms with van der Waals surface area (Å²) in [4.78, 5) is 37.6. The molecule has 0 spiro atoms. The number of carbonyl (C=O) groups excluding carboxylic acids is 2. The van der Waals surface area contributed by atoms with E-state index in [0.29, 0.717) is 23.5 Å². The largest absolute Gasteiger partial charge is 0.476 e. The summed E-state index contributed by atoms with van der Waals surface area (Å²) in [5, 5.41) is 3.00. The van der Waals surface area contributed by atoms with Gasteiger partial charge in [0.1, 0.15) is 6.04 Å². The second kappa shape index (κ2) is 14.9. The zero-order valence-corrected chi connectivity index (χ0v) is 29.2. The van der Waals surface area contributed by atoms with Gasteiger partial charge in [0.2, 0.25) is 11.8 Å². The van der Waals surface area contributed by atoms with Gasteiger partial charge in [-0.15, -0.1) is 0 Å². The van der Waals surface area contributed by atoms with Crippen molar-refractivity contribution in [3.63, 3.8) is 0 Å². The summed E-state index contributed by atoms with van der Waals surface area (Å²) >= 11 is 20.3. The van der Waals surface area contributed by atoms with Crippen LogP contribution in [0.25, 0.3) is 11.2 Å². The molecule has 0 aromatic carbocycles. The van der Waals surface area contributed by atoms with Crippen molar-refractivity contribution in [2.75, 3.05) is 31.3 Å². The highest BCUT2D eigenvalue weighted by atomic mass is 35.5. The van der Waals surface area contributed by atoms with Crippen molar-refractivity contribution in [1.82, 2.24) is 24.6 Å². The molecule has 0 aliphatic carbocycles. The van der Waals surface area contributed by atoms with Crippen molar-refractivity contribution in [2.45, 2.75) is 83.7 Å². The van der Waals surface area contributed by atoms with Crippen molar-refractivity contribution >= 4 is 81.6 Å². The van der Waals surface area contributed by atoms with E-state index in [2.05, 4.69) is 20.0 Å². The van der Waals surface area contributed by atoms with Crippen molar-refractivity contribution in [2.24, 2.45) is 5.41 Å². The molecule has 13 nitrogen and oxygen atoms in total. The maximum absolute atomic E-state index is 12.5. The molecule has 1 aliphatic rings. The number of anilines is 1. The number of nitrogens with two attached hydrogens (primary N) is 1. The van der Waals surface area contributed by atoms with Gasteiger partial charge in [-0.3, -0.25) is 14.2 Å². The van der Waals surface area contributed by atoms with Crippen LogP contribution in [-0.4, -0.2) is 78.8 Å². The molecule has 1 fully saturated rings. The topological polar surface area (TPSA) is 162 Å². The molecule has 4 atom stereocenters. The van der Waals surface area contributed by atoms with E-state index in [0.717, 1.165) is 11.8 Å². The normalized spacial score (nSPS) is 20.7. The van der Waals surface area contributed by atoms with E-state index in [1.165, 1.54) is 6.33 Å². The van der Waals surface area contributed by atoms with Gasteiger partial charge < -0.3 is 29.0 Å². The Morgan fingerprint density at radius 3 is 2.63 bits per heavy atom. The van der Waals surface area contributed by atoms with Crippen molar-refractivity contribution in [3.05, 3.63) is 6.33 Å². The first-order valence-corrected chi connectivity index (χ1v) is 18.0. The van der Waals surface area contributed by atoms with E-state index in [9.17, 15) is 9.59 Å². The second-order valence-electron chi connectivity index (χ2n) is 11.1. The fraction of sp³-hybridized carbons (Fsp3) is 0.720. The van der Waals surface area contributed by atoms with E-state index in [-0.39, 0.29) is 42.7 Å². The monoisotopic (exact) mass is 700 g/mol. The maximum Gasteiger partial charge on any atom is 0.323 e. The van der Waals surface area contributed by atoms with Crippen LogP contribution in [0.5, 0.6) is 5.88 Å². The van der Waals surface area contributed by atoms with E-state index >= 15 is 0 Å². The average Bonchev–Trinajstić information content (AvgIpc) is 3.43. The SMILES string of the molecule is CCOc1nc(N)nc2c1ncn2[C@@H]1O[C@H](CO[P@](=S)(N[C@H](C)C(=O)OC(C)C)OCCSC(=O)C(C)(C)C)CC1(Cl)Cl. The Morgan fingerprint density at radius 1 is 1.30 bits per heavy atom. The Labute approximate surface area is 270 Å². The number of ether oxygens (including phenoxy) is 3. The molecular weight excluding hydrogens is 662 g/mol. The van der Waals surface area contributed by atoms with Crippen LogP contribution in [0.15, 0.2) is 6.33 Å². The number of rotatable bonds is 14. The first kappa shape index (κ1) is 36.2.